The molecule has 6 nitrogen and oxygen atoms in total. The highest BCUT2D eigenvalue weighted by molar-refractivity contribution is 5.93. The molecule has 0 unspecified atom stereocenters. The number of aromatic nitrogens is 4. The molecule has 5 rings (SSSR count). The number of carbonyl (C=O) groups excluding carboxylic acids is 1. The second kappa shape index (κ2) is 9.24. The van der Waals surface area contributed by atoms with Crippen LogP contribution in [0, 0.1) is 5.82 Å². The number of pyridine rings is 2. The van der Waals surface area contributed by atoms with Gasteiger partial charge in [0.05, 0.1) is 17.4 Å². The SMILES string of the molecule is O=C(c1cccc(-c2cncnc2)n1)N1CCC[C@H]1c1cccc(Cc2ccccc2F)n1. The smallest absolute Gasteiger partial charge is 0.273 e. The molecule has 0 aliphatic carbocycles. The predicted molar refractivity (Wildman–Crippen MR) is 122 cm³/mol. The molecule has 0 radical (unpaired) electrons. The van der Waals surface area contributed by atoms with Crippen molar-refractivity contribution in [1.29, 1.82) is 0 Å². The van der Waals surface area contributed by atoms with E-state index in [1.54, 1.807) is 30.6 Å². The molecule has 0 spiro atoms. The Hall–Kier alpha value is -4.00. The summed E-state index contributed by atoms with van der Waals surface area (Å²) in [4.78, 5) is 32.6. The molecule has 0 saturated carbocycles. The van der Waals surface area contributed by atoms with Crippen molar-refractivity contribution in [2.45, 2.75) is 25.3 Å². The third-order valence-corrected chi connectivity index (χ3v) is 5.84. The lowest BCUT2D eigenvalue weighted by molar-refractivity contribution is 0.0727. The van der Waals surface area contributed by atoms with Crippen LogP contribution in [0.2, 0.25) is 0 Å². The number of amides is 1. The molecular weight excluding hydrogens is 417 g/mol. The average molecular weight is 439 g/mol. The maximum Gasteiger partial charge on any atom is 0.273 e. The molecule has 1 fully saturated rings. The van der Waals surface area contributed by atoms with Crippen molar-refractivity contribution in [1.82, 2.24) is 24.8 Å². The van der Waals surface area contributed by atoms with E-state index >= 15 is 0 Å². The summed E-state index contributed by atoms with van der Waals surface area (Å²) in [6, 6.07) is 17.7. The van der Waals surface area contributed by atoms with Gasteiger partial charge in [-0.2, -0.15) is 0 Å². The number of rotatable bonds is 5. The van der Waals surface area contributed by atoms with Crippen LogP contribution in [0.1, 0.15) is 46.3 Å². The zero-order chi connectivity index (χ0) is 22.6. The second-order valence-electron chi connectivity index (χ2n) is 8.01. The summed E-state index contributed by atoms with van der Waals surface area (Å²) in [6.45, 7) is 0.642. The molecule has 4 heterocycles. The molecule has 164 valence electrons. The van der Waals surface area contributed by atoms with Crippen LogP contribution in [0.15, 0.2) is 79.4 Å². The van der Waals surface area contributed by atoms with Crippen LogP contribution in [-0.2, 0) is 6.42 Å². The van der Waals surface area contributed by atoms with Crippen molar-refractivity contribution in [2.75, 3.05) is 6.54 Å². The number of benzene rings is 1. The molecule has 1 atom stereocenters. The van der Waals surface area contributed by atoms with Gasteiger partial charge in [0, 0.05) is 36.6 Å². The fraction of sp³-hybridized carbons (Fsp3) is 0.192. The summed E-state index contributed by atoms with van der Waals surface area (Å²) in [7, 11) is 0. The first-order valence-electron chi connectivity index (χ1n) is 10.9. The third kappa shape index (κ3) is 4.48. The van der Waals surface area contributed by atoms with E-state index in [-0.39, 0.29) is 17.8 Å². The molecule has 0 bridgehead atoms. The number of carbonyl (C=O) groups is 1. The normalized spacial score (nSPS) is 15.5. The largest absolute Gasteiger partial charge is 0.329 e. The fourth-order valence-electron chi connectivity index (χ4n) is 4.23. The van der Waals surface area contributed by atoms with E-state index in [1.165, 1.54) is 12.4 Å². The molecule has 4 aromatic rings. The average Bonchev–Trinajstić information content (AvgIpc) is 3.36. The first-order chi connectivity index (χ1) is 16.2. The number of likely N-dealkylation sites (tertiary alicyclic amines) is 1. The Morgan fingerprint density at radius 2 is 1.79 bits per heavy atom. The van der Waals surface area contributed by atoms with Crippen LogP contribution in [0.25, 0.3) is 11.3 Å². The first kappa shape index (κ1) is 20.9. The zero-order valence-electron chi connectivity index (χ0n) is 17.9. The molecule has 1 amide bonds. The number of halogens is 1. The van der Waals surface area contributed by atoms with E-state index < -0.39 is 0 Å². The van der Waals surface area contributed by atoms with Gasteiger partial charge in [-0.25, -0.2) is 19.3 Å². The minimum atomic E-state index is -0.239. The molecule has 1 aliphatic heterocycles. The Balaban J connectivity index is 1.39. The van der Waals surface area contributed by atoms with E-state index in [4.69, 9.17) is 4.98 Å². The van der Waals surface area contributed by atoms with Crippen LogP contribution in [0.3, 0.4) is 0 Å². The van der Waals surface area contributed by atoms with Crippen LogP contribution in [0.4, 0.5) is 4.39 Å². The van der Waals surface area contributed by atoms with Gasteiger partial charge in [0.1, 0.15) is 17.8 Å². The molecule has 7 heteroatoms. The van der Waals surface area contributed by atoms with E-state index in [0.717, 1.165) is 29.8 Å². The lowest BCUT2D eigenvalue weighted by atomic mass is 10.1. The van der Waals surface area contributed by atoms with Crippen molar-refractivity contribution in [3.63, 3.8) is 0 Å². The van der Waals surface area contributed by atoms with Gasteiger partial charge in [-0.3, -0.25) is 9.78 Å². The van der Waals surface area contributed by atoms with Gasteiger partial charge < -0.3 is 4.90 Å². The van der Waals surface area contributed by atoms with E-state index in [1.807, 2.05) is 41.3 Å². The van der Waals surface area contributed by atoms with Gasteiger partial charge in [0.25, 0.3) is 5.91 Å². The summed E-state index contributed by atoms with van der Waals surface area (Å²) in [5.41, 5.74) is 4.00. The van der Waals surface area contributed by atoms with Crippen molar-refractivity contribution in [2.24, 2.45) is 0 Å². The fourth-order valence-corrected chi connectivity index (χ4v) is 4.23. The molecule has 3 aromatic heterocycles. The van der Waals surface area contributed by atoms with E-state index in [0.29, 0.717) is 29.9 Å². The highest BCUT2D eigenvalue weighted by atomic mass is 19.1. The van der Waals surface area contributed by atoms with Crippen LogP contribution >= 0.6 is 0 Å². The van der Waals surface area contributed by atoms with Crippen LogP contribution < -0.4 is 0 Å². The topological polar surface area (TPSA) is 71.9 Å². The maximum absolute atomic E-state index is 14.1. The van der Waals surface area contributed by atoms with Crippen LogP contribution in [0.5, 0.6) is 0 Å². The van der Waals surface area contributed by atoms with Gasteiger partial charge >= 0.3 is 0 Å². The maximum atomic E-state index is 14.1. The van der Waals surface area contributed by atoms with Crippen molar-refractivity contribution in [3.8, 4) is 11.3 Å². The van der Waals surface area contributed by atoms with Crippen molar-refractivity contribution in [3.05, 3.63) is 108 Å². The lowest BCUT2D eigenvalue weighted by Crippen LogP contribution is -2.31. The minimum absolute atomic E-state index is 0.127. The molecule has 1 saturated heterocycles. The van der Waals surface area contributed by atoms with Gasteiger partial charge in [-0.15, -0.1) is 0 Å². The summed E-state index contributed by atoms with van der Waals surface area (Å²) < 4.78 is 14.1. The van der Waals surface area contributed by atoms with Gasteiger partial charge in [-0.1, -0.05) is 30.3 Å². The number of nitrogens with zero attached hydrogens (tertiary/aromatic N) is 5. The highest BCUT2D eigenvalue weighted by Gasteiger charge is 2.32. The minimum Gasteiger partial charge on any atom is -0.329 e. The molecule has 33 heavy (non-hydrogen) atoms. The Morgan fingerprint density at radius 3 is 2.64 bits per heavy atom. The zero-order valence-corrected chi connectivity index (χ0v) is 17.9. The predicted octanol–water partition coefficient (Wildman–Crippen LogP) is 4.64. The summed E-state index contributed by atoms with van der Waals surface area (Å²) in [6.07, 6.45) is 6.93. The van der Waals surface area contributed by atoms with Gasteiger partial charge in [0.2, 0.25) is 0 Å². The van der Waals surface area contributed by atoms with Gasteiger partial charge in [0.15, 0.2) is 0 Å². The third-order valence-electron chi connectivity index (χ3n) is 5.84. The Kier molecular flexibility index (Phi) is 5.85. The monoisotopic (exact) mass is 439 g/mol. The Labute approximate surface area is 191 Å². The lowest BCUT2D eigenvalue weighted by Gasteiger charge is -2.24. The molecular formula is C26H22FN5O. The summed E-state index contributed by atoms with van der Waals surface area (Å²) >= 11 is 0. The molecule has 1 aromatic carbocycles. The standard InChI is InChI=1S/C26H22FN5O/c27-21-8-2-1-6-18(21)14-20-7-3-10-23(30-20)25-12-5-13-32(25)26(33)24-11-4-9-22(31-24)19-15-28-17-29-16-19/h1-4,6-11,15-17,25H,5,12-14H2/t25-/m0/s1. The van der Waals surface area contributed by atoms with Crippen molar-refractivity contribution < 1.29 is 9.18 Å². The number of hydrogen-bond acceptors (Lipinski definition) is 5. The Bertz CT molecular complexity index is 1280. The second-order valence-corrected chi connectivity index (χ2v) is 8.01. The molecule has 0 N–H and O–H groups in total. The highest BCUT2D eigenvalue weighted by Crippen LogP contribution is 2.32. The summed E-state index contributed by atoms with van der Waals surface area (Å²) in [5.74, 6) is -0.366. The molecule has 1 aliphatic rings. The van der Waals surface area contributed by atoms with Gasteiger partial charge in [-0.05, 0) is 48.7 Å². The van der Waals surface area contributed by atoms with Crippen LogP contribution in [-0.4, -0.2) is 37.3 Å². The first-order valence-corrected chi connectivity index (χ1v) is 10.9. The quantitative estimate of drug-likeness (QED) is 0.453. The summed E-state index contributed by atoms with van der Waals surface area (Å²) in [5, 5.41) is 0. The van der Waals surface area contributed by atoms with E-state index in [9.17, 15) is 9.18 Å². The van der Waals surface area contributed by atoms with E-state index in [2.05, 4.69) is 15.0 Å². The van der Waals surface area contributed by atoms with Crippen molar-refractivity contribution >= 4 is 5.91 Å². The Morgan fingerprint density at radius 1 is 0.970 bits per heavy atom. The number of hydrogen-bond donors (Lipinski definition) is 0.